The Hall–Kier alpha value is -3.12. The van der Waals surface area contributed by atoms with Crippen LogP contribution in [0.2, 0.25) is 0 Å². The lowest BCUT2D eigenvalue weighted by molar-refractivity contribution is 0.00794. The summed E-state index contributed by atoms with van der Waals surface area (Å²) < 4.78 is 53.3. The van der Waals surface area contributed by atoms with E-state index in [2.05, 4.69) is 15.0 Å². The van der Waals surface area contributed by atoms with Crippen LogP contribution in [0.3, 0.4) is 0 Å². The number of aliphatic imine (C=N–C) groups is 1. The monoisotopic (exact) mass is 500 g/mol. The van der Waals surface area contributed by atoms with Crippen molar-refractivity contribution in [3.05, 3.63) is 41.5 Å². The standard InChI is InChI=1S/C25H26F2N4O5/c1-28-10-13-6-17-18(9-21(29-17)36-20-12-35-24-19(32)11-34-25(20)24)30-23(13)22-15(26)7-14(8-16(22)27)31-2-4-33-5-3-31/h6-10,19-20,24-25,29,32H,2-5,11-12H2,1H3/b28-10+/t19-,20-,24-,25-/m1/s1. The lowest BCUT2D eigenvalue weighted by Gasteiger charge is -2.29. The SMILES string of the molecule is C/N=C/c1cc2[nH]c(O[C@@H]3CO[C@H]4[C@@H]3OC[C@H]4O)cc2nc1-c1c(F)cc(N2CCOCC2)cc1F. The first-order chi connectivity index (χ1) is 17.5. The van der Waals surface area contributed by atoms with Crippen molar-refractivity contribution in [1.82, 2.24) is 9.97 Å². The van der Waals surface area contributed by atoms with Crippen molar-refractivity contribution in [2.24, 2.45) is 4.99 Å². The first kappa shape index (κ1) is 23.3. The van der Waals surface area contributed by atoms with Gasteiger partial charge in [0, 0.05) is 43.7 Å². The number of hydrogen-bond donors (Lipinski definition) is 2. The molecule has 3 aliphatic rings. The number of aliphatic hydroxyl groups excluding tert-OH is 1. The molecule has 3 aromatic rings. The molecule has 190 valence electrons. The summed E-state index contributed by atoms with van der Waals surface area (Å²) >= 11 is 0. The molecule has 0 bridgehead atoms. The zero-order valence-electron chi connectivity index (χ0n) is 19.6. The fourth-order valence-electron chi connectivity index (χ4n) is 5.05. The van der Waals surface area contributed by atoms with Crippen molar-refractivity contribution in [2.45, 2.75) is 24.4 Å². The zero-order chi connectivity index (χ0) is 24.8. The molecule has 0 spiro atoms. The minimum atomic E-state index is -0.702. The molecule has 6 rings (SSSR count). The normalized spacial score (nSPS) is 26.3. The van der Waals surface area contributed by atoms with Gasteiger partial charge in [-0.3, -0.25) is 4.99 Å². The van der Waals surface area contributed by atoms with E-state index in [1.807, 2.05) is 4.90 Å². The number of halogens is 2. The Morgan fingerprint density at radius 2 is 1.86 bits per heavy atom. The number of benzene rings is 1. The number of ether oxygens (including phenoxy) is 4. The summed E-state index contributed by atoms with van der Waals surface area (Å²) in [5.41, 5.74) is 1.96. The van der Waals surface area contributed by atoms with Crippen LogP contribution in [0.15, 0.2) is 29.3 Å². The maximum Gasteiger partial charge on any atom is 0.193 e. The van der Waals surface area contributed by atoms with Gasteiger partial charge in [0.15, 0.2) is 12.0 Å². The van der Waals surface area contributed by atoms with Crippen LogP contribution in [-0.4, -0.2) is 92.3 Å². The number of aromatic amines is 1. The first-order valence-corrected chi connectivity index (χ1v) is 11.9. The summed E-state index contributed by atoms with van der Waals surface area (Å²) in [6.07, 6.45) is -0.347. The van der Waals surface area contributed by atoms with Gasteiger partial charge < -0.3 is 33.9 Å². The van der Waals surface area contributed by atoms with E-state index in [1.54, 1.807) is 19.2 Å². The third kappa shape index (κ3) is 4.11. The van der Waals surface area contributed by atoms with Gasteiger partial charge >= 0.3 is 0 Å². The number of aliphatic hydroxyl groups is 1. The van der Waals surface area contributed by atoms with Gasteiger partial charge in [0.1, 0.15) is 29.9 Å². The molecule has 1 aromatic carbocycles. The maximum absolute atomic E-state index is 15.3. The van der Waals surface area contributed by atoms with Crippen LogP contribution in [0.5, 0.6) is 5.88 Å². The molecular weight excluding hydrogens is 474 g/mol. The topological polar surface area (TPSA) is 101 Å². The molecule has 9 nitrogen and oxygen atoms in total. The number of pyridine rings is 1. The second kappa shape index (κ2) is 9.40. The molecule has 0 unspecified atom stereocenters. The summed E-state index contributed by atoms with van der Waals surface area (Å²) in [7, 11) is 1.58. The van der Waals surface area contributed by atoms with Crippen LogP contribution in [-0.2, 0) is 14.2 Å². The number of hydrogen-bond acceptors (Lipinski definition) is 8. The molecule has 5 heterocycles. The van der Waals surface area contributed by atoms with Crippen molar-refractivity contribution in [3.8, 4) is 17.1 Å². The highest BCUT2D eigenvalue weighted by atomic mass is 19.1. The molecular formula is C25H26F2N4O5. The third-order valence-electron chi connectivity index (χ3n) is 6.78. The largest absolute Gasteiger partial charge is 0.470 e. The average molecular weight is 501 g/mol. The van der Waals surface area contributed by atoms with E-state index in [0.717, 1.165) is 0 Å². The van der Waals surface area contributed by atoms with E-state index in [9.17, 15) is 5.11 Å². The lowest BCUT2D eigenvalue weighted by atomic mass is 10.0. The van der Waals surface area contributed by atoms with Gasteiger partial charge in [0.25, 0.3) is 0 Å². The van der Waals surface area contributed by atoms with Crippen molar-refractivity contribution in [3.63, 3.8) is 0 Å². The van der Waals surface area contributed by atoms with E-state index in [4.69, 9.17) is 18.9 Å². The number of morpholine rings is 1. The smallest absolute Gasteiger partial charge is 0.193 e. The summed E-state index contributed by atoms with van der Waals surface area (Å²) in [6, 6.07) is 6.07. The minimum Gasteiger partial charge on any atom is -0.470 e. The van der Waals surface area contributed by atoms with Crippen molar-refractivity contribution < 1.29 is 32.8 Å². The third-order valence-corrected chi connectivity index (χ3v) is 6.78. The van der Waals surface area contributed by atoms with Crippen LogP contribution >= 0.6 is 0 Å². The Morgan fingerprint density at radius 1 is 1.11 bits per heavy atom. The Kier molecular flexibility index (Phi) is 6.08. The number of H-pyrrole nitrogens is 1. The number of nitrogens with one attached hydrogen (secondary N) is 1. The van der Waals surface area contributed by atoms with Gasteiger partial charge in [-0.15, -0.1) is 0 Å². The van der Waals surface area contributed by atoms with Gasteiger partial charge in [0.2, 0.25) is 0 Å². The van der Waals surface area contributed by atoms with Gasteiger partial charge in [-0.2, -0.15) is 0 Å². The van der Waals surface area contributed by atoms with Gasteiger partial charge in [-0.1, -0.05) is 0 Å². The average Bonchev–Trinajstić information content (AvgIpc) is 3.56. The van der Waals surface area contributed by atoms with E-state index in [1.165, 1.54) is 18.3 Å². The van der Waals surface area contributed by atoms with Crippen LogP contribution in [0.25, 0.3) is 22.3 Å². The second-order valence-corrected chi connectivity index (χ2v) is 9.08. The number of aromatic nitrogens is 2. The second-order valence-electron chi connectivity index (χ2n) is 9.08. The summed E-state index contributed by atoms with van der Waals surface area (Å²) in [5.74, 6) is -0.990. The molecule has 11 heteroatoms. The highest BCUT2D eigenvalue weighted by Gasteiger charge is 2.48. The predicted molar refractivity (Wildman–Crippen MR) is 128 cm³/mol. The molecule has 0 amide bonds. The Morgan fingerprint density at radius 3 is 2.61 bits per heavy atom. The number of anilines is 1. The Labute approximate surface area is 205 Å². The molecule has 2 N–H and O–H groups in total. The maximum atomic E-state index is 15.3. The molecule has 3 saturated heterocycles. The summed E-state index contributed by atoms with van der Waals surface area (Å²) in [6.45, 7) is 2.65. The molecule has 2 aromatic heterocycles. The minimum absolute atomic E-state index is 0.147. The Balaban J connectivity index is 1.34. The fourth-order valence-corrected chi connectivity index (χ4v) is 5.05. The van der Waals surface area contributed by atoms with E-state index in [0.29, 0.717) is 54.5 Å². The van der Waals surface area contributed by atoms with Crippen LogP contribution in [0.1, 0.15) is 5.56 Å². The van der Waals surface area contributed by atoms with Crippen LogP contribution in [0, 0.1) is 11.6 Å². The summed E-state index contributed by atoms with van der Waals surface area (Å²) in [5, 5.41) is 9.95. The van der Waals surface area contributed by atoms with Crippen molar-refractivity contribution >= 4 is 22.9 Å². The molecule has 36 heavy (non-hydrogen) atoms. The molecule has 4 atom stereocenters. The van der Waals surface area contributed by atoms with Gasteiger partial charge in [-0.05, 0) is 18.2 Å². The van der Waals surface area contributed by atoms with Gasteiger partial charge in [-0.25, -0.2) is 13.8 Å². The fraction of sp³-hybridized carbons (Fsp3) is 0.440. The quantitative estimate of drug-likeness (QED) is 0.519. The Bertz CT molecular complexity index is 1290. The van der Waals surface area contributed by atoms with E-state index < -0.39 is 29.9 Å². The van der Waals surface area contributed by atoms with E-state index >= 15 is 8.78 Å². The number of fused-ring (bicyclic) bond motifs is 2. The first-order valence-electron chi connectivity index (χ1n) is 11.9. The highest BCUT2D eigenvalue weighted by molar-refractivity contribution is 5.95. The number of rotatable bonds is 5. The van der Waals surface area contributed by atoms with Crippen LogP contribution < -0.4 is 9.64 Å². The van der Waals surface area contributed by atoms with Crippen molar-refractivity contribution in [2.75, 3.05) is 51.5 Å². The van der Waals surface area contributed by atoms with Crippen molar-refractivity contribution in [1.29, 1.82) is 0 Å². The molecule has 3 fully saturated rings. The van der Waals surface area contributed by atoms with E-state index in [-0.39, 0.29) is 30.6 Å². The molecule has 0 radical (unpaired) electrons. The molecule has 0 aliphatic carbocycles. The highest BCUT2D eigenvalue weighted by Crippen LogP contribution is 2.35. The lowest BCUT2D eigenvalue weighted by Crippen LogP contribution is -2.36. The molecule has 3 aliphatic heterocycles. The zero-order valence-corrected chi connectivity index (χ0v) is 19.6. The molecule has 0 saturated carbocycles. The van der Waals surface area contributed by atoms with Gasteiger partial charge in [0.05, 0.1) is 48.7 Å². The van der Waals surface area contributed by atoms with Crippen LogP contribution in [0.4, 0.5) is 14.5 Å². The predicted octanol–water partition coefficient (Wildman–Crippen LogP) is 2.30. The number of nitrogens with zero attached hydrogens (tertiary/aromatic N) is 3. The summed E-state index contributed by atoms with van der Waals surface area (Å²) in [4.78, 5) is 13.7.